The lowest BCUT2D eigenvalue weighted by Crippen LogP contribution is -2.39. The van der Waals surface area contributed by atoms with E-state index in [2.05, 4.69) is 25.9 Å². The van der Waals surface area contributed by atoms with Crippen molar-refractivity contribution in [3.63, 3.8) is 0 Å². The number of rotatable bonds is 3. The summed E-state index contributed by atoms with van der Waals surface area (Å²) < 4.78 is 41.5. The van der Waals surface area contributed by atoms with Gasteiger partial charge in [0.2, 0.25) is 16.0 Å². The van der Waals surface area contributed by atoms with E-state index >= 15 is 0 Å². The number of hydrogen-bond donors (Lipinski definition) is 1. The summed E-state index contributed by atoms with van der Waals surface area (Å²) in [5.74, 6) is -0.693. The highest BCUT2D eigenvalue weighted by Crippen LogP contribution is 2.30. The van der Waals surface area contributed by atoms with Crippen molar-refractivity contribution >= 4 is 31.9 Å². The van der Waals surface area contributed by atoms with Gasteiger partial charge >= 0.3 is 0 Å². The number of hydrogen-bond acceptors (Lipinski definition) is 5. The Balaban J connectivity index is 1.88. The standard InChI is InChI=1S/C15H16BrFN4O2S/c16-11-3-4-14(12(17)8-11)24(22,23)21-7-1-2-10(9-21)13-5-6-19-15(18)20-13/h3-6,8,10H,1-2,7,9H2,(H2,18,19,20). The van der Waals surface area contributed by atoms with Crippen LogP contribution in [0.2, 0.25) is 0 Å². The number of sulfonamides is 1. The van der Waals surface area contributed by atoms with E-state index in [0.717, 1.165) is 12.5 Å². The fourth-order valence-electron chi connectivity index (χ4n) is 2.84. The topological polar surface area (TPSA) is 89.2 Å². The minimum atomic E-state index is -3.90. The van der Waals surface area contributed by atoms with Gasteiger partial charge in [0, 0.05) is 29.7 Å². The lowest BCUT2D eigenvalue weighted by molar-refractivity contribution is 0.311. The lowest BCUT2D eigenvalue weighted by atomic mass is 9.96. The molecule has 2 aromatic rings. The molecule has 0 spiro atoms. The largest absolute Gasteiger partial charge is 0.368 e. The Morgan fingerprint density at radius 3 is 2.83 bits per heavy atom. The van der Waals surface area contributed by atoms with Crippen LogP contribution in [0.3, 0.4) is 0 Å². The molecule has 0 bridgehead atoms. The number of halogens is 2. The molecule has 9 heteroatoms. The zero-order chi connectivity index (χ0) is 17.3. The van der Waals surface area contributed by atoms with Gasteiger partial charge in [-0.1, -0.05) is 15.9 Å². The molecule has 6 nitrogen and oxygen atoms in total. The van der Waals surface area contributed by atoms with E-state index in [1.165, 1.54) is 16.4 Å². The molecule has 1 aromatic carbocycles. The molecule has 1 saturated heterocycles. The van der Waals surface area contributed by atoms with Crippen LogP contribution >= 0.6 is 15.9 Å². The van der Waals surface area contributed by atoms with E-state index in [0.29, 0.717) is 23.1 Å². The molecule has 1 aliphatic rings. The average Bonchev–Trinajstić information content (AvgIpc) is 2.54. The van der Waals surface area contributed by atoms with Crippen molar-refractivity contribution in [3.05, 3.63) is 46.4 Å². The molecule has 2 heterocycles. The zero-order valence-electron chi connectivity index (χ0n) is 12.7. The Hall–Kier alpha value is -1.58. The number of benzene rings is 1. The van der Waals surface area contributed by atoms with Crippen molar-refractivity contribution in [2.75, 3.05) is 18.8 Å². The fraction of sp³-hybridized carbons (Fsp3) is 0.333. The van der Waals surface area contributed by atoms with Crippen LogP contribution in [-0.4, -0.2) is 35.8 Å². The van der Waals surface area contributed by atoms with E-state index in [1.54, 1.807) is 12.3 Å². The van der Waals surface area contributed by atoms with Gasteiger partial charge in [0.05, 0.1) is 5.69 Å². The number of nitrogens with zero attached hydrogens (tertiary/aromatic N) is 3. The Morgan fingerprint density at radius 1 is 1.33 bits per heavy atom. The van der Waals surface area contributed by atoms with Gasteiger partial charge in [0.25, 0.3) is 0 Å². The van der Waals surface area contributed by atoms with Crippen LogP contribution in [0.25, 0.3) is 0 Å². The lowest BCUT2D eigenvalue weighted by Gasteiger charge is -2.31. The van der Waals surface area contributed by atoms with Crippen molar-refractivity contribution in [2.24, 2.45) is 0 Å². The Labute approximate surface area is 148 Å². The summed E-state index contributed by atoms with van der Waals surface area (Å²) in [6, 6.07) is 5.68. The molecule has 1 fully saturated rings. The summed E-state index contributed by atoms with van der Waals surface area (Å²) in [5.41, 5.74) is 6.31. The van der Waals surface area contributed by atoms with Crippen LogP contribution in [-0.2, 0) is 10.0 Å². The predicted octanol–water partition coefficient (Wildman–Crippen LogP) is 2.53. The second kappa shape index (κ2) is 6.73. The Bertz CT molecular complexity index is 862. The molecule has 24 heavy (non-hydrogen) atoms. The molecule has 1 aromatic heterocycles. The molecule has 0 amide bonds. The number of nitrogen functional groups attached to an aromatic ring is 1. The highest BCUT2D eigenvalue weighted by atomic mass is 79.9. The first-order valence-electron chi connectivity index (χ1n) is 7.41. The summed E-state index contributed by atoms with van der Waals surface area (Å²) in [7, 11) is -3.90. The van der Waals surface area contributed by atoms with Crippen molar-refractivity contribution in [1.29, 1.82) is 0 Å². The third-order valence-corrected chi connectivity index (χ3v) is 6.40. The molecule has 1 aliphatic heterocycles. The molecular weight excluding hydrogens is 399 g/mol. The first kappa shape index (κ1) is 17.2. The second-order valence-electron chi connectivity index (χ2n) is 5.62. The monoisotopic (exact) mass is 414 g/mol. The maximum atomic E-state index is 14.1. The number of nitrogens with two attached hydrogens (primary N) is 1. The molecule has 1 unspecified atom stereocenters. The minimum absolute atomic E-state index is 0.0858. The van der Waals surface area contributed by atoms with E-state index in [9.17, 15) is 12.8 Å². The normalized spacial score (nSPS) is 19.3. The van der Waals surface area contributed by atoms with Crippen LogP contribution in [0, 0.1) is 5.82 Å². The van der Waals surface area contributed by atoms with Gasteiger partial charge in [-0.05, 0) is 37.1 Å². The SMILES string of the molecule is Nc1nccc(C2CCCN(S(=O)(=O)c3ccc(Br)cc3F)C2)n1. The van der Waals surface area contributed by atoms with Crippen molar-refractivity contribution in [2.45, 2.75) is 23.7 Å². The van der Waals surface area contributed by atoms with Gasteiger partial charge in [-0.3, -0.25) is 0 Å². The van der Waals surface area contributed by atoms with Crippen LogP contribution < -0.4 is 5.73 Å². The highest BCUT2D eigenvalue weighted by Gasteiger charge is 2.33. The molecular formula is C15H16BrFN4O2S. The van der Waals surface area contributed by atoms with Crippen molar-refractivity contribution in [1.82, 2.24) is 14.3 Å². The van der Waals surface area contributed by atoms with Gasteiger partial charge in [0.15, 0.2) is 0 Å². The number of aromatic nitrogens is 2. The number of anilines is 1. The van der Waals surface area contributed by atoms with Gasteiger partial charge in [-0.2, -0.15) is 4.31 Å². The van der Waals surface area contributed by atoms with Crippen LogP contribution in [0.5, 0.6) is 0 Å². The summed E-state index contributed by atoms with van der Waals surface area (Å²) >= 11 is 3.13. The third-order valence-electron chi connectivity index (χ3n) is 4.01. The first-order valence-corrected chi connectivity index (χ1v) is 9.65. The fourth-order valence-corrected chi connectivity index (χ4v) is 4.74. The third kappa shape index (κ3) is 3.42. The molecule has 0 saturated carbocycles. The molecule has 1 atom stereocenters. The molecule has 0 radical (unpaired) electrons. The quantitative estimate of drug-likeness (QED) is 0.832. The second-order valence-corrected chi connectivity index (χ2v) is 8.44. The maximum Gasteiger partial charge on any atom is 0.246 e. The molecule has 2 N–H and O–H groups in total. The Morgan fingerprint density at radius 2 is 2.12 bits per heavy atom. The summed E-state index contributed by atoms with van der Waals surface area (Å²) in [5, 5.41) is 0. The van der Waals surface area contributed by atoms with Gasteiger partial charge in [-0.15, -0.1) is 0 Å². The summed E-state index contributed by atoms with van der Waals surface area (Å²) in [6.45, 7) is 0.600. The van der Waals surface area contributed by atoms with E-state index in [1.807, 2.05) is 0 Å². The smallest absolute Gasteiger partial charge is 0.246 e. The van der Waals surface area contributed by atoms with Crippen LogP contribution in [0.1, 0.15) is 24.5 Å². The average molecular weight is 415 g/mol. The molecule has 3 rings (SSSR count). The summed E-state index contributed by atoms with van der Waals surface area (Å²) in [6.07, 6.45) is 3.02. The van der Waals surface area contributed by atoms with Crippen LogP contribution in [0.4, 0.5) is 10.3 Å². The van der Waals surface area contributed by atoms with Crippen molar-refractivity contribution in [3.8, 4) is 0 Å². The van der Waals surface area contributed by atoms with Gasteiger partial charge < -0.3 is 5.73 Å². The highest BCUT2D eigenvalue weighted by molar-refractivity contribution is 9.10. The molecule has 0 aliphatic carbocycles. The van der Waals surface area contributed by atoms with Gasteiger partial charge in [0.1, 0.15) is 10.7 Å². The van der Waals surface area contributed by atoms with Gasteiger partial charge in [-0.25, -0.2) is 22.8 Å². The number of piperidine rings is 1. The maximum absolute atomic E-state index is 14.1. The minimum Gasteiger partial charge on any atom is -0.368 e. The zero-order valence-corrected chi connectivity index (χ0v) is 15.1. The summed E-state index contributed by atoms with van der Waals surface area (Å²) in [4.78, 5) is 7.72. The van der Waals surface area contributed by atoms with E-state index in [4.69, 9.17) is 5.73 Å². The van der Waals surface area contributed by atoms with E-state index in [-0.39, 0.29) is 23.3 Å². The van der Waals surface area contributed by atoms with Crippen molar-refractivity contribution < 1.29 is 12.8 Å². The van der Waals surface area contributed by atoms with E-state index < -0.39 is 15.8 Å². The molecule has 128 valence electrons. The first-order chi connectivity index (χ1) is 11.4. The predicted molar refractivity (Wildman–Crippen MR) is 91.3 cm³/mol. The van der Waals surface area contributed by atoms with Crippen LogP contribution in [0.15, 0.2) is 39.8 Å². The Kier molecular flexibility index (Phi) is 4.84.